The molecule has 1 amide bonds. The van der Waals surface area contributed by atoms with E-state index in [1.54, 1.807) is 0 Å². The van der Waals surface area contributed by atoms with Crippen LogP contribution in [0.4, 0.5) is 5.95 Å². The summed E-state index contributed by atoms with van der Waals surface area (Å²) in [6.45, 7) is 6.87. The van der Waals surface area contributed by atoms with Gasteiger partial charge in [0, 0.05) is 25.7 Å². The van der Waals surface area contributed by atoms with Gasteiger partial charge in [0.05, 0.1) is 17.0 Å². The number of rotatable bonds is 5. The van der Waals surface area contributed by atoms with Crippen LogP contribution in [0.1, 0.15) is 58.8 Å². The van der Waals surface area contributed by atoms with E-state index in [1.807, 2.05) is 13.8 Å². The van der Waals surface area contributed by atoms with E-state index in [4.69, 9.17) is 4.98 Å². The van der Waals surface area contributed by atoms with Crippen LogP contribution in [0.25, 0.3) is 11.0 Å². The van der Waals surface area contributed by atoms with Crippen molar-refractivity contribution in [2.24, 2.45) is 11.8 Å². The van der Waals surface area contributed by atoms with Gasteiger partial charge in [-0.05, 0) is 57.6 Å². The molecule has 2 heterocycles. The molecule has 0 bridgehead atoms. The molecule has 2 fully saturated rings. The van der Waals surface area contributed by atoms with Crippen molar-refractivity contribution in [3.63, 3.8) is 0 Å². The first-order valence-corrected chi connectivity index (χ1v) is 11.1. The lowest BCUT2D eigenvalue weighted by molar-refractivity contribution is -0.125. The Labute approximate surface area is 168 Å². The van der Waals surface area contributed by atoms with Gasteiger partial charge >= 0.3 is 0 Å². The molecule has 4 rings (SSSR count). The molecule has 1 aromatic carbocycles. The minimum Gasteiger partial charge on any atom is -0.354 e. The summed E-state index contributed by atoms with van der Waals surface area (Å²) in [6, 6.07) is 8.68. The van der Waals surface area contributed by atoms with Crippen molar-refractivity contribution in [1.82, 2.24) is 14.9 Å². The van der Waals surface area contributed by atoms with Crippen molar-refractivity contribution in [3.05, 3.63) is 24.3 Å². The van der Waals surface area contributed by atoms with Gasteiger partial charge in [0.1, 0.15) is 0 Å². The topological polar surface area (TPSA) is 50.2 Å². The second-order valence-corrected chi connectivity index (χ2v) is 8.96. The molecule has 1 aliphatic carbocycles. The van der Waals surface area contributed by atoms with Crippen LogP contribution in [0.2, 0.25) is 0 Å². The van der Waals surface area contributed by atoms with Crippen molar-refractivity contribution in [1.29, 1.82) is 0 Å². The third kappa shape index (κ3) is 4.18. The lowest BCUT2D eigenvalue weighted by atomic mass is 9.89. The summed E-state index contributed by atoms with van der Waals surface area (Å²) >= 11 is 0. The summed E-state index contributed by atoms with van der Waals surface area (Å²) < 4.78 is 2.44. The predicted molar refractivity (Wildman–Crippen MR) is 115 cm³/mol. The maximum atomic E-state index is 12.6. The molecule has 1 saturated carbocycles. The number of carbonyl (C=O) groups is 1. The summed E-state index contributed by atoms with van der Waals surface area (Å²) in [5.74, 6) is 2.05. The van der Waals surface area contributed by atoms with Gasteiger partial charge in [-0.2, -0.15) is 0 Å². The summed E-state index contributed by atoms with van der Waals surface area (Å²) in [5.41, 5.74) is 2.30. The lowest BCUT2D eigenvalue weighted by Gasteiger charge is -2.34. The Morgan fingerprint density at radius 3 is 2.71 bits per heavy atom. The Kier molecular flexibility index (Phi) is 5.88. The molecular weight excluding hydrogens is 348 g/mol. The van der Waals surface area contributed by atoms with E-state index in [1.165, 1.54) is 37.6 Å². The molecule has 2 aliphatic rings. The number of hydrogen-bond acceptors (Lipinski definition) is 3. The van der Waals surface area contributed by atoms with Crippen molar-refractivity contribution < 1.29 is 4.79 Å². The molecule has 5 nitrogen and oxygen atoms in total. The molecule has 28 heavy (non-hydrogen) atoms. The third-order valence-electron chi connectivity index (χ3n) is 6.31. The van der Waals surface area contributed by atoms with Crippen LogP contribution in [-0.4, -0.2) is 34.6 Å². The molecule has 1 aromatic heterocycles. The van der Waals surface area contributed by atoms with E-state index in [2.05, 4.69) is 39.0 Å². The molecule has 1 saturated heterocycles. The van der Waals surface area contributed by atoms with Crippen LogP contribution in [0.15, 0.2) is 24.3 Å². The Morgan fingerprint density at radius 1 is 1.14 bits per heavy atom. The molecule has 152 valence electrons. The zero-order chi connectivity index (χ0) is 19.5. The van der Waals surface area contributed by atoms with Crippen molar-refractivity contribution >= 4 is 22.9 Å². The highest BCUT2D eigenvalue weighted by Gasteiger charge is 2.29. The van der Waals surface area contributed by atoms with Crippen LogP contribution in [0, 0.1) is 11.8 Å². The predicted octanol–water partition coefficient (Wildman–Crippen LogP) is 4.36. The number of anilines is 1. The smallest absolute Gasteiger partial charge is 0.225 e. The van der Waals surface area contributed by atoms with Gasteiger partial charge in [-0.1, -0.05) is 31.4 Å². The average molecular weight is 383 g/mol. The highest BCUT2D eigenvalue weighted by atomic mass is 16.2. The zero-order valence-electron chi connectivity index (χ0n) is 17.4. The minimum atomic E-state index is 0.0547. The Morgan fingerprint density at radius 2 is 1.93 bits per heavy atom. The van der Waals surface area contributed by atoms with Crippen molar-refractivity contribution in [2.75, 3.05) is 18.0 Å². The fraction of sp³-hybridized carbons (Fsp3) is 0.652. The normalized spacial score (nSPS) is 21.4. The van der Waals surface area contributed by atoms with E-state index >= 15 is 0 Å². The Balaban J connectivity index is 1.60. The fourth-order valence-corrected chi connectivity index (χ4v) is 4.89. The number of aromatic nitrogens is 2. The number of hydrogen-bond donors (Lipinski definition) is 1. The number of nitrogens with zero attached hydrogens (tertiary/aromatic N) is 3. The largest absolute Gasteiger partial charge is 0.354 e. The Hall–Kier alpha value is -2.04. The number of benzene rings is 1. The number of imidazole rings is 1. The summed E-state index contributed by atoms with van der Waals surface area (Å²) in [4.78, 5) is 20.0. The number of nitrogens with one attached hydrogen (secondary N) is 1. The quantitative estimate of drug-likeness (QED) is 0.836. The first-order chi connectivity index (χ1) is 13.6. The zero-order valence-corrected chi connectivity index (χ0v) is 17.4. The van der Waals surface area contributed by atoms with E-state index in [0.29, 0.717) is 0 Å². The number of para-hydroxylation sites is 2. The molecule has 1 aliphatic heterocycles. The maximum absolute atomic E-state index is 12.6. The van der Waals surface area contributed by atoms with Crippen LogP contribution >= 0.6 is 0 Å². The second-order valence-electron chi connectivity index (χ2n) is 8.96. The van der Waals surface area contributed by atoms with Crippen LogP contribution in [0.3, 0.4) is 0 Å². The van der Waals surface area contributed by atoms with E-state index in [0.717, 1.165) is 49.9 Å². The SMILES string of the molecule is CC(C)NC(=O)[C@H]1CCCN(c2nc3ccccc3n2CC2CCCCC2)C1. The summed E-state index contributed by atoms with van der Waals surface area (Å²) in [6.07, 6.45) is 8.76. The Bertz CT molecular complexity index is 806. The van der Waals surface area contributed by atoms with Crippen LogP contribution in [0.5, 0.6) is 0 Å². The number of amides is 1. The van der Waals surface area contributed by atoms with Gasteiger partial charge in [-0.15, -0.1) is 0 Å². The van der Waals surface area contributed by atoms with Crippen LogP contribution < -0.4 is 10.2 Å². The van der Waals surface area contributed by atoms with Gasteiger partial charge in [0.2, 0.25) is 11.9 Å². The average Bonchev–Trinajstić information content (AvgIpc) is 3.07. The molecule has 1 N–H and O–H groups in total. The number of fused-ring (bicyclic) bond motifs is 1. The van der Waals surface area contributed by atoms with E-state index in [9.17, 15) is 4.79 Å². The molecule has 2 aromatic rings. The van der Waals surface area contributed by atoms with Gasteiger partial charge < -0.3 is 14.8 Å². The first-order valence-electron chi connectivity index (χ1n) is 11.1. The van der Waals surface area contributed by atoms with Gasteiger partial charge in [-0.3, -0.25) is 4.79 Å². The van der Waals surface area contributed by atoms with E-state index in [-0.39, 0.29) is 17.9 Å². The molecule has 0 spiro atoms. The minimum absolute atomic E-state index is 0.0547. The standard InChI is InChI=1S/C23H34N4O/c1-17(2)24-22(28)19-11-8-14-26(16-19)23-25-20-12-6-7-13-21(20)27(23)15-18-9-4-3-5-10-18/h6-7,12-13,17-19H,3-5,8-11,14-16H2,1-2H3,(H,24,28)/t19-/m0/s1. The second kappa shape index (κ2) is 8.54. The van der Waals surface area contributed by atoms with Crippen molar-refractivity contribution in [2.45, 2.75) is 71.4 Å². The first kappa shape index (κ1) is 19.3. The molecule has 1 atom stereocenters. The van der Waals surface area contributed by atoms with Crippen molar-refractivity contribution in [3.8, 4) is 0 Å². The summed E-state index contributed by atoms with van der Waals surface area (Å²) in [5, 5.41) is 3.10. The number of carbonyl (C=O) groups excluding carboxylic acids is 1. The van der Waals surface area contributed by atoms with E-state index < -0.39 is 0 Å². The maximum Gasteiger partial charge on any atom is 0.225 e. The number of piperidine rings is 1. The monoisotopic (exact) mass is 382 g/mol. The third-order valence-corrected chi connectivity index (χ3v) is 6.31. The van der Waals surface area contributed by atoms with Crippen LogP contribution in [-0.2, 0) is 11.3 Å². The van der Waals surface area contributed by atoms with Gasteiger partial charge in [0.15, 0.2) is 0 Å². The highest BCUT2D eigenvalue weighted by Crippen LogP contribution is 2.31. The fourth-order valence-electron chi connectivity index (χ4n) is 4.89. The molecule has 0 unspecified atom stereocenters. The molecule has 0 radical (unpaired) electrons. The molecule has 5 heteroatoms. The molecular formula is C23H34N4O. The van der Waals surface area contributed by atoms with Gasteiger partial charge in [-0.25, -0.2) is 4.98 Å². The highest BCUT2D eigenvalue weighted by molar-refractivity contribution is 5.81. The van der Waals surface area contributed by atoms with Gasteiger partial charge in [0.25, 0.3) is 0 Å². The lowest BCUT2D eigenvalue weighted by Crippen LogP contribution is -2.45. The summed E-state index contributed by atoms with van der Waals surface area (Å²) in [7, 11) is 0.